The lowest BCUT2D eigenvalue weighted by Gasteiger charge is -2.32. The zero-order valence-electron chi connectivity index (χ0n) is 12.2. The third kappa shape index (κ3) is 3.72. The third-order valence-corrected chi connectivity index (χ3v) is 3.50. The fraction of sp³-hybridized carbons (Fsp3) is 0.467. The highest BCUT2D eigenvalue weighted by Crippen LogP contribution is 2.20. The molecule has 1 aliphatic heterocycles. The minimum Gasteiger partial charge on any atom is -0.508 e. The van der Waals surface area contributed by atoms with E-state index in [-0.39, 0.29) is 30.2 Å². The highest BCUT2D eigenvalue weighted by Gasteiger charge is 2.27. The molecular formula is C15H19NO5. The molecule has 21 heavy (non-hydrogen) atoms. The van der Waals surface area contributed by atoms with E-state index < -0.39 is 0 Å². The summed E-state index contributed by atoms with van der Waals surface area (Å²) in [5.41, 5.74) is 1.15. The zero-order valence-corrected chi connectivity index (χ0v) is 12.2. The number of amides is 1. The number of carbonyl (C=O) groups is 2. The maximum atomic E-state index is 12.4. The summed E-state index contributed by atoms with van der Waals surface area (Å²) >= 11 is 0. The van der Waals surface area contributed by atoms with E-state index in [2.05, 4.69) is 4.74 Å². The molecule has 2 rings (SSSR count). The minimum atomic E-state index is -0.359. The van der Waals surface area contributed by atoms with Gasteiger partial charge in [0.1, 0.15) is 5.75 Å². The van der Waals surface area contributed by atoms with Crippen LogP contribution in [0.1, 0.15) is 22.3 Å². The fourth-order valence-electron chi connectivity index (χ4n) is 2.22. The van der Waals surface area contributed by atoms with Crippen molar-refractivity contribution >= 4 is 11.9 Å². The first-order chi connectivity index (χ1) is 10.0. The molecule has 1 saturated heterocycles. The summed E-state index contributed by atoms with van der Waals surface area (Å²) < 4.78 is 10.1. The van der Waals surface area contributed by atoms with Gasteiger partial charge >= 0.3 is 5.97 Å². The quantitative estimate of drug-likeness (QED) is 0.845. The Bertz CT molecular complexity index is 543. The smallest absolute Gasteiger partial charge is 0.308 e. The molecule has 6 nitrogen and oxygen atoms in total. The van der Waals surface area contributed by atoms with Gasteiger partial charge in [-0.25, -0.2) is 0 Å². The Hall–Kier alpha value is -2.08. The van der Waals surface area contributed by atoms with Crippen LogP contribution in [-0.2, 0) is 14.3 Å². The topological polar surface area (TPSA) is 76.1 Å². The first kappa shape index (κ1) is 15.3. The number of hydrogen-bond donors (Lipinski definition) is 1. The molecule has 1 fully saturated rings. The average molecular weight is 293 g/mol. The monoisotopic (exact) mass is 293 g/mol. The number of rotatable bonds is 3. The molecule has 0 aromatic heterocycles. The number of methoxy groups -OCH3 is 1. The zero-order chi connectivity index (χ0) is 15.4. The number of hydrogen-bond acceptors (Lipinski definition) is 5. The number of esters is 1. The van der Waals surface area contributed by atoms with Crippen LogP contribution in [0.25, 0.3) is 0 Å². The van der Waals surface area contributed by atoms with Crippen LogP contribution in [0.4, 0.5) is 0 Å². The number of carbonyl (C=O) groups excluding carboxylic acids is 2. The number of morpholine rings is 1. The van der Waals surface area contributed by atoms with E-state index in [0.717, 1.165) is 5.56 Å². The van der Waals surface area contributed by atoms with Crippen LogP contribution in [0, 0.1) is 6.92 Å². The Morgan fingerprint density at radius 3 is 2.90 bits per heavy atom. The lowest BCUT2D eigenvalue weighted by molar-refractivity contribution is -0.145. The van der Waals surface area contributed by atoms with Crippen molar-refractivity contribution in [1.82, 2.24) is 4.90 Å². The van der Waals surface area contributed by atoms with Gasteiger partial charge in [0.25, 0.3) is 5.91 Å². The maximum Gasteiger partial charge on any atom is 0.308 e. The van der Waals surface area contributed by atoms with Crippen molar-refractivity contribution in [1.29, 1.82) is 0 Å². The normalized spacial score (nSPS) is 18.4. The largest absolute Gasteiger partial charge is 0.508 e. The number of nitrogens with zero attached hydrogens (tertiary/aromatic N) is 1. The Balaban J connectivity index is 2.04. The fourth-order valence-corrected chi connectivity index (χ4v) is 2.22. The van der Waals surface area contributed by atoms with Gasteiger partial charge in [0.2, 0.25) is 0 Å². The van der Waals surface area contributed by atoms with Crippen molar-refractivity contribution in [2.45, 2.75) is 19.4 Å². The van der Waals surface area contributed by atoms with E-state index in [9.17, 15) is 14.7 Å². The molecule has 1 heterocycles. The van der Waals surface area contributed by atoms with Gasteiger partial charge in [0.15, 0.2) is 0 Å². The first-order valence-corrected chi connectivity index (χ1v) is 6.78. The van der Waals surface area contributed by atoms with Gasteiger partial charge in [-0.3, -0.25) is 9.59 Å². The number of aromatic hydroxyl groups is 1. The summed E-state index contributed by atoms with van der Waals surface area (Å²) in [6.45, 7) is 2.95. The van der Waals surface area contributed by atoms with E-state index >= 15 is 0 Å². The first-order valence-electron chi connectivity index (χ1n) is 6.78. The van der Waals surface area contributed by atoms with Crippen molar-refractivity contribution in [2.75, 3.05) is 26.8 Å². The van der Waals surface area contributed by atoms with Gasteiger partial charge in [-0.15, -0.1) is 0 Å². The van der Waals surface area contributed by atoms with Gasteiger partial charge < -0.3 is 19.5 Å². The molecule has 1 aromatic carbocycles. The molecule has 1 atom stereocenters. The Morgan fingerprint density at radius 2 is 2.24 bits per heavy atom. The molecule has 1 aliphatic rings. The number of aryl methyl sites for hydroxylation is 1. The van der Waals surface area contributed by atoms with Gasteiger partial charge in [0, 0.05) is 18.7 Å². The lowest BCUT2D eigenvalue weighted by Crippen LogP contribution is -2.46. The van der Waals surface area contributed by atoms with Gasteiger partial charge in [-0.05, 0) is 24.6 Å². The molecule has 0 radical (unpaired) electrons. The second-order valence-electron chi connectivity index (χ2n) is 5.03. The van der Waals surface area contributed by atoms with Crippen LogP contribution < -0.4 is 0 Å². The van der Waals surface area contributed by atoms with Crippen molar-refractivity contribution < 1.29 is 24.2 Å². The van der Waals surface area contributed by atoms with Crippen LogP contribution in [-0.4, -0.2) is 54.8 Å². The maximum absolute atomic E-state index is 12.4. The van der Waals surface area contributed by atoms with Crippen LogP contribution in [0.5, 0.6) is 5.75 Å². The molecule has 0 spiro atoms. The Kier molecular flexibility index (Phi) is 4.80. The van der Waals surface area contributed by atoms with E-state index in [4.69, 9.17) is 4.74 Å². The highest BCUT2D eigenvalue weighted by molar-refractivity contribution is 5.94. The predicted molar refractivity (Wildman–Crippen MR) is 75.1 cm³/mol. The van der Waals surface area contributed by atoms with E-state index in [0.29, 0.717) is 25.3 Å². The average Bonchev–Trinajstić information content (AvgIpc) is 2.49. The number of phenols is 1. The molecule has 0 saturated carbocycles. The molecular weight excluding hydrogens is 274 g/mol. The Morgan fingerprint density at radius 1 is 1.48 bits per heavy atom. The predicted octanol–water partition coefficient (Wildman–Crippen LogP) is 1.10. The summed E-state index contributed by atoms with van der Waals surface area (Å²) in [6.07, 6.45) is -0.228. The van der Waals surface area contributed by atoms with Crippen molar-refractivity contribution in [3.05, 3.63) is 29.3 Å². The molecule has 1 amide bonds. The highest BCUT2D eigenvalue weighted by atomic mass is 16.5. The minimum absolute atomic E-state index is 0.0974. The summed E-state index contributed by atoms with van der Waals surface area (Å²) in [7, 11) is 1.32. The molecule has 1 unspecified atom stereocenters. The molecule has 1 aromatic rings. The second kappa shape index (κ2) is 6.58. The SMILES string of the molecule is COC(=O)CC1CN(C(=O)c2ccc(C)c(O)c2)CCO1. The molecule has 0 aliphatic carbocycles. The van der Waals surface area contributed by atoms with Crippen molar-refractivity contribution in [2.24, 2.45) is 0 Å². The van der Waals surface area contributed by atoms with Crippen molar-refractivity contribution in [3.8, 4) is 5.75 Å². The van der Waals surface area contributed by atoms with E-state index in [1.165, 1.54) is 13.2 Å². The molecule has 6 heteroatoms. The van der Waals surface area contributed by atoms with Crippen LogP contribution in [0.2, 0.25) is 0 Å². The van der Waals surface area contributed by atoms with Gasteiger partial charge in [-0.1, -0.05) is 6.07 Å². The molecule has 114 valence electrons. The van der Waals surface area contributed by atoms with Crippen LogP contribution in [0.15, 0.2) is 18.2 Å². The molecule has 1 N–H and O–H groups in total. The lowest BCUT2D eigenvalue weighted by atomic mass is 10.1. The standard InChI is InChI=1S/C15H19NO5/c1-10-3-4-11(7-13(10)17)15(19)16-5-6-21-12(9-16)8-14(18)20-2/h3-4,7,12,17H,5-6,8-9H2,1-2H3. The third-order valence-electron chi connectivity index (χ3n) is 3.50. The molecule has 0 bridgehead atoms. The summed E-state index contributed by atoms with van der Waals surface area (Å²) in [6, 6.07) is 4.85. The summed E-state index contributed by atoms with van der Waals surface area (Å²) in [5, 5.41) is 9.69. The number of phenolic OH excluding ortho intramolecular Hbond substituents is 1. The van der Waals surface area contributed by atoms with Gasteiger partial charge in [-0.2, -0.15) is 0 Å². The number of ether oxygens (including phenoxy) is 2. The van der Waals surface area contributed by atoms with E-state index in [1.807, 2.05) is 0 Å². The van der Waals surface area contributed by atoms with Gasteiger partial charge in [0.05, 0.1) is 26.2 Å². The number of benzene rings is 1. The van der Waals surface area contributed by atoms with Crippen LogP contribution in [0.3, 0.4) is 0 Å². The summed E-state index contributed by atoms with van der Waals surface area (Å²) in [5.74, 6) is -0.439. The second-order valence-corrected chi connectivity index (χ2v) is 5.03. The van der Waals surface area contributed by atoms with E-state index in [1.54, 1.807) is 24.0 Å². The van der Waals surface area contributed by atoms with Crippen molar-refractivity contribution in [3.63, 3.8) is 0 Å². The Labute approximate surface area is 123 Å². The summed E-state index contributed by atoms with van der Waals surface area (Å²) in [4.78, 5) is 25.3. The van der Waals surface area contributed by atoms with Crippen LogP contribution >= 0.6 is 0 Å².